The summed E-state index contributed by atoms with van der Waals surface area (Å²) in [4.78, 5) is 16.3. The molecule has 56 valence electrons. The molecule has 7 heteroatoms. The first-order valence-corrected chi connectivity index (χ1v) is 3.90. The maximum Gasteiger partial charge on any atom is 2.00 e. The molecule has 0 amide bonds. The van der Waals surface area contributed by atoms with Gasteiger partial charge in [-0.15, -0.1) is 0 Å². The summed E-state index contributed by atoms with van der Waals surface area (Å²) < 4.78 is 9.93. The van der Waals surface area contributed by atoms with Crippen molar-refractivity contribution in [1.29, 1.82) is 0 Å². The molecular weight excluding hydrogens is 235 g/mol. The molecule has 2 N–H and O–H groups in total. The third-order valence-corrected chi connectivity index (χ3v) is 1.54. The van der Waals surface area contributed by atoms with Gasteiger partial charge < -0.3 is 18.3 Å². The molecule has 0 rings (SSSR count). The third kappa shape index (κ3) is 22.7. The monoisotopic (exact) mass is 250 g/mol. The molecule has 0 heterocycles. The molecule has 0 aromatic carbocycles. The van der Waals surface area contributed by atoms with Crippen LogP contribution >= 0.6 is 7.60 Å². The molecule has 0 radical (unpaired) electrons. The number of rotatable bonds is 2. The van der Waals surface area contributed by atoms with Crippen LogP contribution in [0.25, 0.3) is 0 Å². The maximum absolute atomic E-state index is 9.93. The van der Waals surface area contributed by atoms with Crippen molar-refractivity contribution in [3.8, 4) is 0 Å². The minimum absolute atomic E-state index is 0. The van der Waals surface area contributed by atoms with Crippen molar-refractivity contribution in [3.05, 3.63) is 0 Å². The van der Waals surface area contributed by atoms with Gasteiger partial charge >= 0.3 is 121 Å². The average Bonchev–Trinajstić information content (AvgIpc) is 1.30. The van der Waals surface area contributed by atoms with Crippen molar-refractivity contribution in [1.82, 2.24) is 0 Å². The standard InChI is InChI=1S/C3H9O3P.3Ca.6H/c1-2-3-7(4,5)6;;;;;;;;;/h2-3H2,1H3,(H2,4,5,6);;;;;;;;;/q;3*+2;6*-1. The van der Waals surface area contributed by atoms with Crippen molar-refractivity contribution in [2.75, 3.05) is 6.16 Å². The van der Waals surface area contributed by atoms with E-state index in [9.17, 15) is 4.57 Å². The first kappa shape index (κ1) is 23.6. The molecule has 10 heavy (non-hydrogen) atoms. The molecule has 0 aliphatic heterocycles. The second-order valence-corrected chi connectivity index (χ2v) is 3.16. The molecule has 0 spiro atoms. The van der Waals surface area contributed by atoms with Crippen molar-refractivity contribution in [3.63, 3.8) is 0 Å². The SMILES string of the molecule is CCCP(=O)(O)O.[Ca+2].[Ca+2].[Ca+2].[H-].[H-].[H-].[H-].[H-].[H-]. The first-order valence-electron chi connectivity index (χ1n) is 2.11. The molecule has 0 saturated carbocycles. The van der Waals surface area contributed by atoms with Crippen LogP contribution in [0.1, 0.15) is 21.9 Å². The molecular formula is C3H15Ca3O3P. The number of hydrogen-bond acceptors (Lipinski definition) is 1. The minimum atomic E-state index is -3.67. The van der Waals surface area contributed by atoms with Crippen LogP contribution in [0.15, 0.2) is 0 Å². The molecule has 0 aliphatic rings. The maximum atomic E-state index is 9.93. The number of hydrogen-bond donors (Lipinski definition) is 2. The van der Waals surface area contributed by atoms with E-state index < -0.39 is 7.60 Å². The van der Waals surface area contributed by atoms with Gasteiger partial charge in [0.25, 0.3) is 0 Å². The molecule has 0 atom stereocenters. The van der Waals surface area contributed by atoms with Gasteiger partial charge in [-0.3, -0.25) is 4.57 Å². The Morgan fingerprint density at radius 2 is 1.60 bits per heavy atom. The Bertz CT molecular complexity index is 108. The van der Waals surface area contributed by atoms with E-state index in [2.05, 4.69) is 0 Å². The molecule has 0 aliphatic carbocycles. The zero-order valence-corrected chi connectivity index (χ0v) is 13.8. The van der Waals surface area contributed by atoms with Crippen LogP contribution in [-0.2, 0) is 4.57 Å². The fourth-order valence-corrected chi connectivity index (χ4v) is 0.874. The molecule has 0 fully saturated rings. The van der Waals surface area contributed by atoms with E-state index >= 15 is 0 Å². The summed E-state index contributed by atoms with van der Waals surface area (Å²) in [6.07, 6.45) is 0.553. The Kier molecular flexibility index (Phi) is 30.5. The molecule has 0 bridgehead atoms. The van der Waals surface area contributed by atoms with E-state index in [0.29, 0.717) is 6.42 Å². The van der Waals surface area contributed by atoms with E-state index in [0.717, 1.165) is 0 Å². The van der Waals surface area contributed by atoms with Gasteiger partial charge in [0, 0.05) is 6.16 Å². The topological polar surface area (TPSA) is 57.5 Å². The van der Waals surface area contributed by atoms with E-state index in [1.54, 1.807) is 6.92 Å². The summed E-state index contributed by atoms with van der Waals surface area (Å²) in [5, 5.41) is 0. The molecule has 0 aromatic rings. The Hall–Kier alpha value is 3.93. The largest absolute Gasteiger partial charge is 2.00 e. The van der Waals surface area contributed by atoms with Crippen LogP contribution in [0, 0.1) is 0 Å². The zero-order valence-electron chi connectivity index (χ0n) is 12.3. The molecule has 0 aromatic heterocycles. The second kappa shape index (κ2) is 12.9. The Labute approximate surface area is 160 Å². The van der Waals surface area contributed by atoms with Gasteiger partial charge in [-0.2, -0.15) is 0 Å². The molecule has 0 saturated heterocycles. The summed E-state index contributed by atoms with van der Waals surface area (Å²) >= 11 is 0. The average molecular weight is 250 g/mol. The normalized spacial score (nSPS) is 8.30. The van der Waals surface area contributed by atoms with Gasteiger partial charge in [0.2, 0.25) is 0 Å². The predicted molar refractivity (Wildman–Crippen MR) is 51.1 cm³/mol. The summed E-state index contributed by atoms with van der Waals surface area (Å²) in [6, 6.07) is 0. The zero-order chi connectivity index (χ0) is 5.91. The molecule has 3 nitrogen and oxygen atoms in total. The Morgan fingerprint density at radius 3 is 1.60 bits per heavy atom. The fourth-order valence-electron chi connectivity index (χ4n) is 0.291. The Balaban J connectivity index is -0.00000000500. The van der Waals surface area contributed by atoms with E-state index in [1.165, 1.54) is 0 Å². The van der Waals surface area contributed by atoms with Crippen LogP contribution in [0.5, 0.6) is 0 Å². The van der Waals surface area contributed by atoms with Crippen LogP contribution in [-0.4, -0.2) is 129 Å². The summed E-state index contributed by atoms with van der Waals surface area (Å²) in [7, 11) is -3.67. The van der Waals surface area contributed by atoms with Gasteiger partial charge in [-0.05, 0) is 6.42 Å². The minimum Gasteiger partial charge on any atom is -1.00 e. The predicted octanol–water partition coefficient (Wildman–Crippen LogP) is 0.107. The van der Waals surface area contributed by atoms with Crippen molar-refractivity contribution >= 4 is 121 Å². The quantitative estimate of drug-likeness (QED) is 0.540. The van der Waals surface area contributed by atoms with E-state index in [4.69, 9.17) is 9.79 Å². The van der Waals surface area contributed by atoms with Crippen LogP contribution in [0.4, 0.5) is 0 Å². The van der Waals surface area contributed by atoms with Crippen LogP contribution in [0.3, 0.4) is 0 Å². The van der Waals surface area contributed by atoms with Gasteiger partial charge in [-0.1, -0.05) is 6.92 Å². The van der Waals surface area contributed by atoms with Crippen molar-refractivity contribution < 1.29 is 22.9 Å². The van der Waals surface area contributed by atoms with E-state index in [1.807, 2.05) is 0 Å². The smallest absolute Gasteiger partial charge is 1.00 e. The summed E-state index contributed by atoms with van der Waals surface area (Å²) in [5.41, 5.74) is 0. The summed E-state index contributed by atoms with van der Waals surface area (Å²) in [5.74, 6) is 0. The first-order chi connectivity index (χ1) is 3.06. The fraction of sp³-hybridized carbons (Fsp3) is 1.00. The van der Waals surface area contributed by atoms with Crippen LogP contribution in [0.2, 0.25) is 0 Å². The third-order valence-electron chi connectivity index (χ3n) is 0.515. The second-order valence-electron chi connectivity index (χ2n) is 1.39. The molecule has 0 unspecified atom stereocenters. The van der Waals surface area contributed by atoms with Gasteiger partial charge in [0.15, 0.2) is 0 Å². The summed E-state index contributed by atoms with van der Waals surface area (Å²) in [6.45, 7) is 1.74. The van der Waals surface area contributed by atoms with Gasteiger partial charge in [-0.25, -0.2) is 0 Å². The van der Waals surface area contributed by atoms with Gasteiger partial charge in [0.1, 0.15) is 0 Å². The van der Waals surface area contributed by atoms with Crippen LogP contribution < -0.4 is 0 Å². The van der Waals surface area contributed by atoms with Crippen molar-refractivity contribution in [2.24, 2.45) is 0 Å². The van der Waals surface area contributed by atoms with Crippen molar-refractivity contribution in [2.45, 2.75) is 13.3 Å². The Morgan fingerprint density at radius 1 is 1.30 bits per heavy atom. The van der Waals surface area contributed by atoms with E-state index in [-0.39, 0.29) is 128 Å². The van der Waals surface area contributed by atoms with Gasteiger partial charge in [0.05, 0.1) is 0 Å².